The molecule has 0 aliphatic carbocycles. The van der Waals surface area contributed by atoms with Gasteiger partial charge in [0.2, 0.25) is 0 Å². The van der Waals surface area contributed by atoms with Crippen LogP contribution in [0.3, 0.4) is 0 Å². The van der Waals surface area contributed by atoms with Gasteiger partial charge in [0, 0.05) is 5.48 Å². The molecular weight excluding hydrogens is 118 g/mol. The zero-order valence-corrected chi connectivity index (χ0v) is 5.10. The van der Waals surface area contributed by atoms with Crippen molar-refractivity contribution >= 4 is 34.7 Å². The predicted octanol–water partition coefficient (Wildman–Crippen LogP) is -1.24. The largest absolute Gasteiger partial charge is 3.00 e. The minimum Gasteiger partial charge on any atom is -2.00 e. The SMILES string of the molecule is [Al+3].[Al+3].[O-2].[O-2].[O-2].[O]. The maximum atomic E-state index is 0. The first-order chi connectivity index (χ1) is 0. The van der Waals surface area contributed by atoms with E-state index in [1.165, 1.54) is 0 Å². The third-order valence-electron chi connectivity index (χ3n) is 0. The van der Waals surface area contributed by atoms with E-state index in [9.17, 15) is 0 Å². The van der Waals surface area contributed by atoms with Crippen LogP contribution in [0.25, 0.3) is 0 Å². The van der Waals surface area contributed by atoms with Crippen molar-refractivity contribution in [2.45, 2.75) is 0 Å². The second-order valence-corrected chi connectivity index (χ2v) is 0. The summed E-state index contributed by atoms with van der Waals surface area (Å²) in [5.74, 6) is 0. The fraction of sp³-hybridized carbons (Fsp3) is 0. The van der Waals surface area contributed by atoms with Gasteiger partial charge in [0.15, 0.2) is 0 Å². The van der Waals surface area contributed by atoms with Gasteiger partial charge in [0.1, 0.15) is 0 Å². The molecule has 0 N–H and O–H groups in total. The van der Waals surface area contributed by atoms with Gasteiger partial charge in [0.05, 0.1) is 0 Å². The summed E-state index contributed by atoms with van der Waals surface area (Å²) in [6.45, 7) is 0. The minimum atomic E-state index is 0. The Morgan fingerprint density at radius 1 is 0.500 bits per heavy atom. The van der Waals surface area contributed by atoms with E-state index >= 15 is 0 Å². The van der Waals surface area contributed by atoms with Crippen molar-refractivity contribution in [3.8, 4) is 0 Å². The quantitative estimate of drug-likeness (QED) is 0.354. The van der Waals surface area contributed by atoms with Gasteiger partial charge in [-0.25, -0.2) is 0 Å². The van der Waals surface area contributed by atoms with Gasteiger partial charge in [-0.1, -0.05) is 0 Å². The van der Waals surface area contributed by atoms with E-state index < -0.39 is 0 Å². The zero-order valence-electron chi connectivity index (χ0n) is 2.79. The molecule has 0 heterocycles. The molecule has 0 unspecified atom stereocenters. The molecule has 0 spiro atoms. The third-order valence-corrected chi connectivity index (χ3v) is 0. The average Bonchev–Trinajstić information content (AvgIpc) is 0. The van der Waals surface area contributed by atoms with Crippen LogP contribution in [0.15, 0.2) is 0 Å². The summed E-state index contributed by atoms with van der Waals surface area (Å²) in [6.07, 6.45) is 0. The average molecular weight is 118 g/mol. The molecule has 4 nitrogen and oxygen atoms in total. The molecule has 0 atom stereocenters. The molecule has 0 saturated carbocycles. The van der Waals surface area contributed by atoms with Gasteiger partial charge in [-0.3, -0.25) is 0 Å². The predicted molar refractivity (Wildman–Crippen MR) is 14.3 cm³/mol. The van der Waals surface area contributed by atoms with E-state index in [4.69, 9.17) is 0 Å². The summed E-state index contributed by atoms with van der Waals surface area (Å²) in [4.78, 5) is 0. The fourth-order valence-electron chi connectivity index (χ4n) is 0. The summed E-state index contributed by atoms with van der Waals surface area (Å²) in [5, 5.41) is 0. The molecule has 0 aliphatic heterocycles. The minimum absolute atomic E-state index is 0. The maximum Gasteiger partial charge on any atom is 3.00 e. The fourth-order valence-corrected chi connectivity index (χ4v) is 0. The molecule has 0 aliphatic rings. The van der Waals surface area contributed by atoms with Gasteiger partial charge in [-0.05, 0) is 0 Å². The molecule has 30 valence electrons. The molecule has 6 heavy (non-hydrogen) atoms. The molecule has 0 bridgehead atoms. The Labute approximate surface area is 57.0 Å². The van der Waals surface area contributed by atoms with Crippen LogP contribution < -0.4 is 0 Å². The van der Waals surface area contributed by atoms with Crippen LogP contribution in [0.5, 0.6) is 0 Å². The Morgan fingerprint density at radius 2 is 0.500 bits per heavy atom. The van der Waals surface area contributed by atoms with E-state index in [1.54, 1.807) is 0 Å². The standard InChI is InChI=1S/2Al.4O/q2*+3;;3*-2. The van der Waals surface area contributed by atoms with Crippen molar-refractivity contribution in [1.82, 2.24) is 0 Å². The summed E-state index contributed by atoms with van der Waals surface area (Å²) < 4.78 is 0. The van der Waals surface area contributed by atoms with Crippen molar-refractivity contribution in [2.75, 3.05) is 0 Å². The van der Waals surface area contributed by atoms with E-state index in [2.05, 4.69) is 0 Å². The smallest absolute Gasteiger partial charge is 2.00 e. The van der Waals surface area contributed by atoms with Crippen molar-refractivity contribution in [2.24, 2.45) is 0 Å². The summed E-state index contributed by atoms with van der Waals surface area (Å²) in [5.41, 5.74) is 0. The van der Waals surface area contributed by atoms with Crippen LogP contribution in [-0.2, 0) is 21.9 Å². The number of hydrogen-bond acceptors (Lipinski definition) is 0. The molecule has 0 saturated heterocycles. The molecule has 0 aromatic carbocycles. The van der Waals surface area contributed by atoms with Crippen LogP contribution in [-0.4, -0.2) is 34.7 Å². The van der Waals surface area contributed by atoms with Crippen molar-refractivity contribution in [1.29, 1.82) is 0 Å². The van der Waals surface area contributed by atoms with E-state index in [0.717, 1.165) is 0 Å². The van der Waals surface area contributed by atoms with Crippen molar-refractivity contribution < 1.29 is 21.9 Å². The molecule has 6 heteroatoms. The van der Waals surface area contributed by atoms with E-state index in [1.807, 2.05) is 0 Å². The Kier molecular flexibility index (Phi) is 8500. The van der Waals surface area contributed by atoms with E-state index in [0.29, 0.717) is 0 Å². The van der Waals surface area contributed by atoms with Gasteiger partial charge in [0.25, 0.3) is 0 Å². The second-order valence-electron chi connectivity index (χ2n) is 0. The monoisotopic (exact) mass is 118 g/mol. The Hall–Kier alpha value is 0.905. The Balaban J connectivity index is 0. The summed E-state index contributed by atoms with van der Waals surface area (Å²) in [6, 6.07) is 0. The van der Waals surface area contributed by atoms with Crippen molar-refractivity contribution in [3.05, 3.63) is 0 Å². The van der Waals surface area contributed by atoms with Gasteiger partial charge >= 0.3 is 34.7 Å². The molecule has 0 aromatic heterocycles. The Bertz CT molecular complexity index is 5.51. The molecule has 0 fully saturated rings. The first-order valence-electron chi connectivity index (χ1n) is 0. The normalized spacial score (nSPS) is 0. The topological polar surface area (TPSA) is 114 Å². The first kappa shape index (κ1) is 294. The van der Waals surface area contributed by atoms with Crippen LogP contribution in [0.1, 0.15) is 0 Å². The second kappa shape index (κ2) is 173. The van der Waals surface area contributed by atoms with Gasteiger partial charge in [-0.15, -0.1) is 0 Å². The van der Waals surface area contributed by atoms with E-state index in [-0.39, 0.29) is 56.6 Å². The van der Waals surface area contributed by atoms with Crippen LogP contribution >= 0.6 is 0 Å². The van der Waals surface area contributed by atoms with Gasteiger partial charge in [-0.2, -0.15) is 0 Å². The van der Waals surface area contributed by atoms with Crippen molar-refractivity contribution in [3.63, 3.8) is 0 Å². The number of rotatable bonds is 0. The molecular formula is Al2O4. The van der Waals surface area contributed by atoms with Crippen LogP contribution in [0.4, 0.5) is 0 Å². The van der Waals surface area contributed by atoms with Crippen LogP contribution in [0, 0.1) is 0 Å². The molecule has 0 amide bonds. The third kappa shape index (κ3) is 91.3. The summed E-state index contributed by atoms with van der Waals surface area (Å²) >= 11 is 0. The van der Waals surface area contributed by atoms with Gasteiger partial charge < -0.3 is 16.4 Å². The summed E-state index contributed by atoms with van der Waals surface area (Å²) in [7, 11) is 0. The Morgan fingerprint density at radius 3 is 0.500 bits per heavy atom. The van der Waals surface area contributed by atoms with Crippen LogP contribution in [0.2, 0.25) is 0 Å². The maximum absolute atomic E-state index is 0. The molecule has 0 aromatic rings. The zero-order chi connectivity index (χ0) is 0. The number of hydrogen-bond donors (Lipinski definition) is 0. The molecule has 2 radical (unpaired) electrons. The first-order valence-corrected chi connectivity index (χ1v) is 0. The molecule has 0 rings (SSSR count).